The van der Waals surface area contributed by atoms with Gasteiger partial charge < -0.3 is 0 Å². The average Bonchev–Trinajstić information content (AvgIpc) is 2.70. The highest BCUT2D eigenvalue weighted by molar-refractivity contribution is 7.11. The van der Waals surface area contributed by atoms with Gasteiger partial charge in [-0.1, -0.05) is 11.6 Å². The van der Waals surface area contributed by atoms with Gasteiger partial charge in [0.1, 0.15) is 11.6 Å². The van der Waals surface area contributed by atoms with E-state index in [0.29, 0.717) is 6.42 Å². The summed E-state index contributed by atoms with van der Waals surface area (Å²) in [6.45, 7) is 3.87. The zero-order chi connectivity index (χ0) is 14.9. The molecule has 1 unspecified atom stereocenters. The van der Waals surface area contributed by atoms with Crippen LogP contribution in [0.15, 0.2) is 12.1 Å². The molecule has 0 spiro atoms. The van der Waals surface area contributed by atoms with Crippen LogP contribution in [0.5, 0.6) is 0 Å². The van der Waals surface area contributed by atoms with Crippen LogP contribution in [-0.2, 0) is 6.42 Å². The number of rotatable bonds is 4. The summed E-state index contributed by atoms with van der Waals surface area (Å²) in [7, 11) is 0. The van der Waals surface area contributed by atoms with Gasteiger partial charge in [0.15, 0.2) is 0 Å². The minimum atomic E-state index is -0.671. The van der Waals surface area contributed by atoms with Crippen molar-refractivity contribution in [2.45, 2.75) is 26.3 Å². The molecule has 1 heterocycles. The van der Waals surface area contributed by atoms with Crippen molar-refractivity contribution in [1.29, 1.82) is 0 Å². The third kappa shape index (κ3) is 3.15. The van der Waals surface area contributed by atoms with Gasteiger partial charge in [0.05, 0.1) is 21.8 Å². The molecule has 0 aliphatic rings. The Kier molecular flexibility index (Phi) is 4.70. The van der Waals surface area contributed by atoms with Crippen LogP contribution in [0.1, 0.15) is 27.2 Å². The van der Waals surface area contributed by atoms with Crippen molar-refractivity contribution in [3.8, 4) is 0 Å². The zero-order valence-electron chi connectivity index (χ0n) is 11.0. The minimum absolute atomic E-state index is 0.139. The van der Waals surface area contributed by atoms with Crippen molar-refractivity contribution in [1.82, 2.24) is 10.4 Å². The summed E-state index contributed by atoms with van der Waals surface area (Å²) in [5, 5.41) is 0.570. The van der Waals surface area contributed by atoms with Crippen LogP contribution in [0.2, 0.25) is 5.02 Å². The average molecular weight is 318 g/mol. The van der Waals surface area contributed by atoms with Gasteiger partial charge in [-0.15, -0.1) is 11.3 Å². The van der Waals surface area contributed by atoms with E-state index in [-0.39, 0.29) is 10.6 Å². The summed E-state index contributed by atoms with van der Waals surface area (Å²) in [6, 6.07) is 1.46. The van der Waals surface area contributed by atoms with Crippen LogP contribution in [0.3, 0.4) is 0 Å². The number of nitrogens with zero attached hydrogens (tertiary/aromatic N) is 1. The topological polar surface area (TPSA) is 50.9 Å². The molecule has 7 heteroatoms. The molecule has 3 N–H and O–H groups in total. The second-order valence-electron chi connectivity index (χ2n) is 4.46. The van der Waals surface area contributed by atoms with Crippen LogP contribution < -0.4 is 11.3 Å². The predicted octanol–water partition coefficient (Wildman–Crippen LogP) is 3.44. The van der Waals surface area contributed by atoms with Crippen LogP contribution in [0.25, 0.3) is 0 Å². The van der Waals surface area contributed by atoms with Crippen molar-refractivity contribution in [2.75, 3.05) is 0 Å². The molecule has 3 nitrogen and oxygen atoms in total. The Bertz CT molecular complexity index is 611. The van der Waals surface area contributed by atoms with E-state index in [2.05, 4.69) is 10.4 Å². The fourth-order valence-electron chi connectivity index (χ4n) is 1.86. The second-order valence-corrected chi connectivity index (χ2v) is 6.16. The van der Waals surface area contributed by atoms with Crippen LogP contribution in [0.4, 0.5) is 8.78 Å². The highest BCUT2D eigenvalue weighted by atomic mass is 35.5. The molecular formula is C13H14ClF2N3S. The summed E-state index contributed by atoms with van der Waals surface area (Å²) in [5.41, 5.74) is 3.57. The Balaban J connectivity index is 2.30. The smallest absolute Gasteiger partial charge is 0.142 e. The molecule has 2 rings (SSSR count). The largest absolute Gasteiger partial charge is 0.271 e. The molecule has 108 valence electrons. The van der Waals surface area contributed by atoms with Crippen molar-refractivity contribution >= 4 is 22.9 Å². The minimum Gasteiger partial charge on any atom is -0.271 e. The van der Waals surface area contributed by atoms with E-state index >= 15 is 0 Å². The van der Waals surface area contributed by atoms with Gasteiger partial charge in [-0.05, 0) is 26.0 Å². The molecule has 0 aliphatic heterocycles. The maximum Gasteiger partial charge on any atom is 0.142 e. The number of halogens is 3. The lowest BCUT2D eigenvalue weighted by molar-refractivity contribution is 0.502. The molecule has 2 aromatic rings. The van der Waals surface area contributed by atoms with Crippen molar-refractivity contribution < 1.29 is 8.78 Å². The van der Waals surface area contributed by atoms with Crippen molar-refractivity contribution in [3.05, 3.63) is 49.9 Å². The van der Waals surface area contributed by atoms with Crippen LogP contribution >= 0.6 is 22.9 Å². The van der Waals surface area contributed by atoms with E-state index in [0.717, 1.165) is 27.7 Å². The summed E-state index contributed by atoms with van der Waals surface area (Å²) in [4.78, 5) is 5.47. The maximum absolute atomic E-state index is 13.9. The third-order valence-corrected chi connectivity index (χ3v) is 4.45. The van der Waals surface area contributed by atoms with Gasteiger partial charge in [-0.3, -0.25) is 11.3 Å². The normalized spacial score (nSPS) is 12.7. The van der Waals surface area contributed by atoms with Gasteiger partial charge in [0.25, 0.3) is 0 Å². The zero-order valence-corrected chi connectivity index (χ0v) is 12.6. The monoisotopic (exact) mass is 317 g/mol. The lowest BCUT2D eigenvalue weighted by Crippen LogP contribution is -2.30. The highest BCUT2D eigenvalue weighted by Crippen LogP contribution is 2.27. The Morgan fingerprint density at radius 3 is 2.60 bits per heavy atom. The Morgan fingerprint density at radius 2 is 2.05 bits per heavy atom. The molecular weight excluding hydrogens is 304 g/mol. The maximum atomic E-state index is 13.9. The van der Waals surface area contributed by atoms with Crippen LogP contribution in [-0.4, -0.2) is 4.98 Å². The number of hydrogen-bond donors (Lipinski definition) is 2. The molecule has 0 radical (unpaired) electrons. The first kappa shape index (κ1) is 15.3. The van der Waals surface area contributed by atoms with E-state index in [1.807, 2.05) is 13.8 Å². The molecule has 0 bridgehead atoms. The number of nitrogens with two attached hydrogens (primary N) is 1. The van der Waals surface area contributed by atoms with Gasteiger partial charge >= 0.3 is 0 Å². The Morgan fingerprint density at radius 1 is 1.35 bits per heavy atom. The molecule has 1 aromatic carbocycles. The first-order chi connectivity index (χ1) is 9.42. The van der Waals surface area contributed by atoms with Gasteiger partial charge in [0.2, 0.25) is 0 Å². The van der Waals surface area contributed by atoms with E-state index in [4.69, 9.17) is 17.4 Å². The molecule has 20 heavy (non-hydrogen) atoms. The molecule has 1 aromatic heterocycles. The van der Waals surface area contributed by atoms with E-state index in [9.17, 15) is 8.78 Å². The Hall–Kier alpha value is -1.08. The molecule has 0 amide bonds. The molecule has 0 fully saturated rings. The first-order valence-corrected chi connectivity index (χ1v) is 7.15. The number of thiazole rings is 1. The predicted molar refractivity (Wildman–Crippen MR) is 76.7 cm³/mol. The lowest BCUT2D eigenvalue weighted by atomic mass is 10.0. The van der Waals surface area contributed by atoms with Gasteiger partial charge in [-0.25, -0.2) is 13.8 Å². The number of aryl methyl sites for hydroxylation is 2. The SMILES string of the molecule is Cc1nc(CC(NN)c2cc(F)c(Cl)cc2F)sc1C. The Labute approximate surface area is 124 Å². The number of benzene rings is 1. The van der Waals surface area contributed by atoms with E-state index in [1.165, 1.54) is 11.3 Å². The third-order valence-electron chi connectivity index (χ3n) is 3.07. The quantitative estimate of drug-likeness (QED) is 0.516. The van der Waals surface area contributed by atoms with Crippen molar-refractivity contribution in [3.63, 3.8) is 0 Å². The molecule has 1 atom stereocenters. The molecule has 0 aliphatic carbocycles. The number of hydrazine groups is 1. The first-order valence-electron chi connectivity index (χ1n) is 5.95. The number of nitrogens with one attached hydrogen (secondary N) is 1. The second kappa shape index (κ2) is 6.13. The fraction of sp³-hybridized carbons (Fsp3) is 0.308. The summed E-state index contributed by atoms with van der Waals surface area (Å²) < 4.78 is 27.4. The summed E-state index contributed by atoms with van der Waals surface area (Å²) in [5.74, 6) is 4.19. The van der Waals surface area contributed by atoms with E-state index in [1.54, 1.807) is 0 Å². The van der Waals surface area contributed by atoms with Crippen LogP contribution in [0, 0.1) is 25.5 Å². The lowest BCUT2D eigenvalue weighted by Gasteiger charge is -2.16. The summed E-state index contributed by atoms with van der Waals surface area (Å²) >= 11 is 7.06. The standard InChI is InChI=1S/C13H14ClF2N3S/c1-6-7(2)20-13(18-6)5-12(19-17)8-3-11(16)9(14)4-10(8)15/h3-4,12,19H,5,17H2,1-2H3. The van der Waals surface area contributed by atoms with Gasteiger partial charge in [0, 0.05) is 16.9 Å². The molecule has 0 saturated carbocycles. The molecule has 0 saturated heterocycles. The number of aromatic nitrogens is 1. The fourth-order valence-corrected chi connectivity index (χ4v) is 2.99. The number of hydrogen-bond acceptors (Lipinski definition) is 4. The van der Waals surface area contributed by atoms with Crippen molar-refractivity contribution in [2.24, 2.45) is 5.84 Å². The summed E-state index contributed by atoms with van der Waals surface area (Å²) in [6.07, 6.45) is 0.383. The highest BCUT2D eigenvalue weighted by Gasteiger charge is 2.19. The van der Waals surface area contributed by atoms with Gasteiger partial charge in [-0.2, -0.15) is 0 Å². The van der Waals surface area contributed by atoms with E-state index < -0.39 is 17.7 Å².